The second-order valence-corrected chi connectivity index (χ2v) is 5.32. The van der Waals surface area contributed by atoms with Crippen LogP contribution in [0.1, 0.15) is 36.4 Å². The van der Waals surface area contributed by atoms with Gasteiger partial charge >= 0.3 is 0 Å². The van der Waals surface area contributed by atoms with Crippen molar-refractivity contribution < 1.29 is 0 Å². The van der Waals surface area contributed by atoms with Crippen LogP contribution < -0.4 is 5.32 Å². The van der Waals surface area contributed by atoms with Crippen molar-refractivity contribution in [2.45, 2.75) is 26.8 Å². The Labute approximate surface area is 96.4 Å². The zero-order valence-electron chi connectivity index (χ0n) is 9.93. The minimum absolute atomic E-state index is 0.162. The largest absolute Gasteiger partial charge is 0.358 e. The number of hydrogen-bond acceptors (Lipinski definition) is 1. The molecule has 0 aromatic carbocycles. The zero-order valence-corrected chi connectivity index (χ0v) is 9.93. The van der Waals surface area contributed by atoms with E-state index in [1.807, 2.05) is 0 Å². The molecule has 0 amide bonds. The van der Waals surface area contributed by atoms with Gasteiger partial charge in [0.2, 0.25) is 0 Å². The van der Waals surface area contributed by atoms with Crippen LogP contribution in [0, 0.1) is 5.41 Å². The van der Waals surface area contributed by atoms with E-state index in [0.29, 0.717) is 0 Å². The normalized spacial score (nSPS) is 21.4. The van der Waals surface area contributed by atoms with Gasteiger partial charge in [0.1, 0.15) is 0 Å². The van der Waals surface area contributed by atoms with Crippen LogP contribution in [0.2, 0.25) is 0 Å². The van der Waals surface area contributed by atoms with Gasteiger partial charge < -0.3 is 10.3 Å². The number of aromatic amines is 1. The molecule has 0 fully saturated rings. The molecule has 1 aliphatic heterocycles. The van der Waals surface area contributed by atoms with Crippen molar-refractivity contribution in [3.05, 3.63) is 34.7 Å². The summed E-state index contributed by atoms with van der Waals surface area (Å²) in [6.45, 7) is 6.55. The molecule has 0 saturated carbocycles. The van der Waals surface area contributed by atoms with Crippen LogP contribution in [-0.2, 0) is 13.0 Å². The maximum absolute atomic E-state index is 3.55. The Balaban J connectivity index is 2.12. The molecule has 2 heterocycles. The number of rotatable bonds is 0. The summed E-state index contributed by atoms with van der Waals surface area (Å²) >= 11 is 0. The molecule has 0 spiro atoms. The number of H-pyrrole nitrogens is 1. The summed E-state index contributed by atoms with van der Waals surface area (Å²) in [7, 11) is 0. The van der Waals surface area contributed by atoms with E-state index in [1.165, 1.54) is 22.5 Å². The van der Waals surface area contributed by atoms with E-state index in [2.05, 4.69) is 48.5 Å². The second kappa shape index (κ2) is 3.36. The fourth-order valence-electron chi connectivity index (χ4n) is 2.45. The Hall–Kier alpha value is -1.28. The van der Waals surface area contributed by atoms with E-state index < -0.39 is 0 Å². The number of fused-ring (bicyclic) bond motifs is 3. The van der Waals surface area contributed by atoms with E-state index in [4.69, 9.17) is 0 Å². The predicted octanol–water partition coefficient (Wildman–Crippen LogP) is 2.73. The highest BCUT2D eigenvalue weighted by Crippen LogP contribution is 2.31. The molecule has 1 aliphatic carbocycles. The van der Waals surface area contributed by atoms with Gasteiger partial charge in [-0.3, -0.25) is 0 Å². The summed E-state index contributed by atoms with van der Waals surface area (Å²) in [5.74, 6) is 0. The maximum Gasteiger partial charge on any atom is 0.0456 e. The third kappa shape index (κ3) is 1.54. The van der Waals surface area contributed by atoms with Crippen LogP contribution in [0.3, 0.4) is 0 Å². The first-order valence-electron chi connectivity index (χ1n) is 5.99. The average Bonchev–Trinajstić information content (AvgIpc) is 2.54. The van der Waals surface area contributed by atoms with Gasteiger partial charge in [-0.1, -0.05) is 32.1 Å². The molecule has 1 aromatic rings. The third-order valence-electron chi connectivity index (χ3n) is 3.48. The molecule has 0 radical (unpaired) electrons. The first-order valence-corrected chi connectivity index (χ1v) is 5.99. The lowest BCUT2D eigenvalue weighted by Crippen LogP contribution is -2.23. The number of nitrogens with one attached hydrogen (secondary N) is 2. The lowest BCUT2D eigenvalue weighted by atomic mass is 9.93. The van der Waals surface area contributed by atoms with Gasteiger partial charge in [-0.2, -0.15) is 0 Å². The van der Waals surface area contributed by atoms with Crippen molar-refractivity contribution in [2.24, 2.45) is 5.41 Å². The molecule has 16 heavy (non-hydrogen) atoms. The van der Waals surface area contributed by atoms with Gasteiger partial charge in [0, 0.05) is 41.9 Å². The lowest BCUT2D eigenvalue weighted by Gasteiger charge is -2.14. The molecule has 2 nitrogen and oxygen atoms in total. The van der Waals surface area contributed by atoms with E-state index in [0.717, 1.165) is 19.5 Å². The Bertz CT molecular complexity index is 475. The first kappa shape index (κ1) is 9.91. The van der Waals surface area contributed by atoms with Gasteiger partial charge in [-0.05, 0) is 11.6 Å². The summed E-state index contributed by atoms with van der Waals surface area (Å²) < 4.78 is 0. The summed E-state index contributed by atoms with van der Waals surface area (Å²) in [5.41, 5.74) is 5.69. The molecule has 2 N–H and O–H groups in total. The summed E-state index contributed by atoms with van der Waals surface area (Å²) in [5, 5.41) is 3.44. The minimum Gasteiger partial charge on any atom is -0.358 e. The SMILES string of the molecule is CC1(C)C=Cc2[nH]c3c(c2C=C1)CNCC3. The van der Waals surface area contributed by atoms with Gasteiger partial charge in [0.25, 0.3) is 0 Å². The fourth-order valence-corrected chi connectivity index (χ4v) is 2.45. The fraction of sp³-hybridized carbons (Fsp3) is 0.429. The van der Waals surface area contributed by atoms with Gasteiger partial charge in [-0.25, -0.2) is 0 Å². The van der Waals surface area contributed by atoms with Crippen LogP contribution in [0.4, 0.5) is 0 Å². The lowest BCUT2D eigenvalue weighted by molar-refractivity contribution is 0.630. The van der Waals surface area contributed by atoms with Crippen LogP contribution >= 0.6 is 0 Å². The van der Waals surface area contributed by atoms with Crippen molar-refractivity contribution in [1.29, 1.82) is 0 Å². The van der Waals surface area contributed by atoms with Crippen molar-refractivity contribution in [3.8, 4) is 0 Å². The topological polar surface area (TPSA) is 27.8 Å². The van der Waals surface area contributed by atoms with E-state index in [9.17, 15) is 0 Å². The van der Waals surface area contributed by atoms with Crippen LogP contribution in [0.5, 0.6) is 0 Å². The van der Waals surface area contributed by atoms with Gasteiger partial charge in [0.15, 0.2) is 0 Å². The molecule has 0 saturated heterocycles. The smallest absolute Gasteiger partial charge is 0.0456 e. The van der Waals surface area contributed by atoms with Crippen molar-refractivity contribution in [2.75, 3.05) is 6.54 Å². The van der Waals surface area contributed by atoms with Crippen LogP contribution in [0.25, 0.3) is 12.2 Å². The van der Waals surface area contributed by atoms with Crippen molar-refractivity contribution in [1.82, 2.24) is 10.3 Å². The highest BCUT2D eigenvalue weighted by molar-refractivity contribution is 5.70. The van der Waals surface area contributed by atoms with Crippen molar-refractivity contribution in [3.63, 3.8) is 0 Å². The zero-order chi connectivity index (χ0) is 11.2. The number of allylic oxidation sites excluding steroid dienone is 2. The van der Waals surface area contributed by atoms with E-state index >= 15 is 0 Å². The molecule has 2 heteroatoms. The highest BCUT2D eigenvalue weighted by atomic mass is 14.9. The van der Waals surface area contributed by atoms with Gasteiger partial charge in [-0.15, -0.1) is 0 Å². The average molecular weight is 214 g/mol. The second-order valence-electron chi connectivity index (χ2n) is 5.32. The van der Waals surface area contributed by atoms with Crippen LogP contribution in [0.15, 0.2) is 12.2 Å². The Morgan fingerprint density at radius 3 is 2.88 bits per heavy atom. The summed E-state index contributed by atoms with van der Waals surface area (Å²) in [4.78, 5) is 3.55. The molecule has 0 unspecified atom stereocenters. The molecule has 3 rings (SSSR count). The number of aromatic nitrogens is 1. The Morgan fingerprint density at radius 1 is 1.19 bits per heavy atom. The molecule has 0 atom stereocenters. The number of hydrogen-bond donors (Lipinski definition) is 2. The standard InChI is InChI=1S/C14H18N2/c1-14(2)6-3-10-11-9-15-8-5-13(11)16-12(10)4-7-14/h3-4,6-7,15-16H,5,8-9H2,1-2H3. The van der Waals surface area contributed by atoms with Crippen LogP contribution in [-0.4, -0.2) is 11.5 Å². The summed E-state index contributed by atoms with van der Waals surface area (Å²) in [6, 6.07) is 0. The molecule has 0 bridgehead atoms. The molecular formula is C14H18N2. The predicted molar refractivity (Wildman–Crippen MR) is 68.1 cm³/mol. The molecule has 84 valence electrons. The first-order chi connectivity index (χ1) is 7.66. The third-order valence-corrected chi connectivity index (χ3v) is 3.48. The maximum atomic E-state index is 3.55. The quantitative estimate of drug-likeness (QED) is 0.683. The highest BCUT2D eigenvalue weighted by Gasteiger charge is 2.20. The summed E-state index contributed by atoms with van der Waals surface area (Å²) in [6.07, 6.45) is 10.2. The van der Waals surface area contributed by atoms with E-state index in [1.54, 1.807) is 0 Å². The minimum atomic E-state index is 0.162. The molecular weight excluding hydrogens is 196 g/mol. The Morgan fingerprint density at radius 2 is 2.00 bits per heavy atom. The van der Waals surface area contributed by atoms with Gasteiger partial charge in [0.05, 0.1) is 0 Å². The molecule has 1 aromatic heterocycles. The Kier molecular flexibility index (Phi) is 2.08. The molecule has 2 aliphatic rings. The van der Waals surface area contributed by atoms with Crippen molar-refractivity contribution >= 4 is 12.2 Å². The van der Waals surface area contributed by atoms with E-state index in [-0.39, 0.29) is 5.41 Å². The monoisotopic (exact) mass is 214 g/mol.